The summed E-state index contributed by atoms with van der Waals surface area (Å²) < 4.78 is 1.38. The smallest absolute Gasteiger partial charge is 0.0451 e. The van der Waals surface area contributed by atoms with Gasteiger partial charge < -0.3 is 0 Å². The molecule has 2 atom stereocenters. The third-order valence-corrected chi connectivity index (χ3v) is 12.2. The molecule has 0 spiro atoms. The lowest BCUT2D eigenvalue weighted by molar-refractivity contribution is 0.817. The maximum absolute atomic E-state index is 4.17. The fourth-order valence-corrected chi connectivity index (χ4v) is 10.5. The van der Waals surface area contributed by atoms with E-state index >= 15 is 0 Å². The summed E-state index contributed by atoms with van der Waals surface area (Å²) in [7, 11) is 0. The van der Waals surface area contributed by atoms with Crippen LogP contribution in [-0.2, 0) is 6.42 Å². The zero-order valence-electron chi connectivity index (χ0n) is 21.7. The number of benzene rings is 2. The summed E-state index contributed by atoms with van der Waals surface area (Å²) in [6.07, 6.45) is 20.7. The van der Waals surface area contributed by atoms with E-state index in [0.717, 1.165) is 25.7 Å². The lowest BCUT2D eigenvalue weighted by Gasteiger charge is -2.31. The molecule has 3 aliphatic carbocycles. The van der Waals surface area contributed by atoms with Crippen LogP contribution in [0.3, 0.4) is 0 Å². The van der Waals surface area contributed by atoms with Gasteiger partial charge >= 0.3 is 0 Å². The normalized spacial score (nSPS) is 20.9. The quantitative estimate of drug-likeness (QED) is 0.241. The van der Waals surface area contributed by atoms with Crippen molar-refractivity contribution in [2.45, 2.75) is 41.7 Å². The second kappa shape index (κ2) is 9.23. The molecule has 0 nitrogen and oxygen atoms in total. The van der Waals surface area contributed by atoms with Crippen molar-refractivity contribution in [2.24, 2.45) is 0 Å². The fourth-order valence-electron chi connectivity index (χ4n) is 6.95. The zero-order valence-corrected chi connectivity index (χ0v) is 24.2. The van der Waals surface area contributed by atoms with E-state index in [1.165, 1.54) is 58.8 Å². The Hall–Kier alpha value is -3.11. The van der Waals surface area contributed by atoms with Crippen LogP contribution in [0.1, 0.15) is 57.9 Å². The Morgan fingerprint density at radius 3 is 2.62 bits per heavy atom. The Morgan fingerprint density at radius 2 is 1.72 bits per heavy atom. The van der Waals surface area contributed by atoms with E-state index < -0.39 is 0 Å². The summed E-state index contributed by atoms with van der Waals surface area (Å²) in [4.78, 5) is 2.73. The van der Waals surface area contributed by atoms with Crippen LogP contribution in [0.15, 0.2) is 94.6 Å². The number of allylic oxidation sites excluding steroid dienone is 6. The number of thioether (sulfide) groups is 1. The minimum absolute atomic E-state index is 0.375. The molecule has 0 N–H and O–H groups in total. The highest BCUT2D eigenvalue weighted by atomic mass is 32.2. The maximum Gasteiger partial charge on any atom is 0.0451 e. The van der Waals surface area contributed by atoms with Crippen LogP contribution in [0, 0.1) is 0 Å². The predicted octanol–water partition coefficient (Wildman–Crippen LogP) is 11.2. The molecule has 0 fully saturated rings. The summed E-state index contributed by atoms with van der Waals surface area (Å²) in [6, 6.07) is 11.4. The molecule has 39 heavy (non-hydrogen) atoms. The number of fused-ring (bicyclic) bond motifs is 7. The van der Waals surface area contributed by atoms with Crippen LogP contribution in [0.2, 0.25) is 0 Å². The molecule has 3 heteroatoms. The Kier molecular flexibility index (Phi) is 5.62. The van der Waals surface area contributed by atoms with Crippen LogP contribution in [0.5, 0.6) is 0 Å². The Labute approximate surface area is 242 Å². The van der Waals surface area contributed by atoms with Crippen molar-refractivity contribution in [1.29, 1.82) is 0 Å². The third-order valence-electron chi connectivity index (χ3n) is 8.72. The zero-order chi connectivity index (χ0) is 26.1. The highest BCUT2D eigenvalue weighted by Gasteiger charge is 2.41. The number of rotatable bonds is 4. The molecule has 8 rings (SSSR count). The average molecular weight is 557 g/mol. The first-order valence-corrected chi connectivity index (χ1v) is 16.4. The van der Waals surface area contributed by atoms with Gasteiger partial charge in [-0.15, -0.1) is 34.4 Å². The molecule has 0 saturated carbocycles. The van der Waals surface area contributed by atoms with E-state index in [4.69, 9.17) is 0 Å². The molecular formula is C36H28S3. The first-order chi connectivity index (χ1) is 19.3. The molecule has 2 aromatic heterocycles. The lowest BCUT2D eigenvalue weighted by Crippen LogP contribution is -2.19. The first-order valence-electron chi connectivity index (χ1n) is 13.7. The van der Waals surface area contributed by atoms with Crippen molar-refractivity contribution in [3.63, 3.8) is 0 Å². The van der Waals surface area contributed by atoms with Gasteiger partial charge in [0.05, 0.1) is 0 Å². The van der Waals surface area contributed by atoms with Gasteiger partial charge in [0.1, 0.15) is 0 Å². The van der Waals surface area contributed by atoms with Crippen molar-refractivity contribution in [3.05, 3.63) is 122 Å². The van der Waals surface area contributed by atoms with Crippen molar-refractivity contribution >= 4 is 68.3 Å². The number of hydrogen-bond donors (Lipinski definition) is 0. The van der Waals surface area contributed by atoms with Gasteiger partial charge in [-0.25, -0.2) is 0 Å². The van der Waals surface area contributed by atoms with Crippen LogP contribution >= 0.6 is 34.4 Å². The molecule has 1 aliphatic heterocycles. The molecule has 2 unspecified atom stereocenters. The van der Waals surface area contributed by atoms with Crippen molar-refractivity contribution in [2.75, 3.05) is 0 Å². The topological polar surface area (TPSA) is 0 Å². The van der Waals surface area contributed by atoms with Gasteiger partial charge in [0.2, 0.25) is 0 Å². The second-order valence-corrected chi connectivity index (χ2v) is 13.7. The monoisotopic (exact) mass is 556 g/mol. The lowest BCUT2D eigenvalue weighted by atomic mass is 9.75. The second-order valence-electron chi connectivity index (χ2n) is 10.7. The van der Waals surface area contributed by atoms with Gasteiger partial charge in [0, 0.05) is 42.2 Å². The molecule has 0 amide bonds. The molecule has 2 aromatic carbocycles. The van der Waals surface area contributed by atoms with Gasteiger partial charge in [-0.3, -0.25) is 0 Å². The summed E-state index contributed by atoms with van der Waals surface area (Å²) in [6.45, 7) is 8.24. The van der Waals surface area contributed by atoms with Crippen LogP contribution in [0.25, 0.3) is 45.0 Å². The van der Waals surface area contributed by atoms with Crippen molar-refractivity contribution in [1.82, 2.24) is 0 Å². The minimum Gasteiger partial charge on any atom is -0.143 e. The van der Waals surface area contributed by atoms with E-state index in [1.807, 2.05) is 23.5 Å². The van der Waals surface area contributed by atoms with Crippen LogP contribution < -0.4 is 0 Å². The van der Waals surface area contributed by atoms with E-state index in [1.54, 1.807) is 28.0 Å². The Balaban J connectivity index is 1.37. The average Bonchev–Trinajstić information content (AvgIpc) is 3.71. The molecule has 3 heterocycles. The van der Waals surface area contributed by atoms with Gasteiger partial charge in [-0.05, 0) is 93.1 Å². The summed E-state index contributed by atoms with van der Waals surface area (Å²) in [5.74, 6) is 0.375. The predicted molar refractivity (Wildman–Crippen MR) is 175 cm³/mol. The van der Waals surface area contributed by atoms with Crippen molar-refractivity contribution in [3.8, 4) is 11.1 Å². The number of thiophene rings is 2. The fraction of sp³-hybridized carbons (Fsp3) is 0.167. The van der Waals surface area contributed by atoms with Gasteiger partial charge in [-0.2, -0.15) is 0 Å². The van der Waals surface area contributed by atoms with E-state index in [-0.39, 0.29) is 0 Å². The molecule has 0 saturated heterocycles. The standard InChI is InChI=1S/C36H28S3/c1-3-21-31(19-37-33(21)4-2)27-17-29-30-18-28(32-20-38-34-16-10-9-13-24(32)34)23-12-6-8-15-26(23)36(30)39-35(29)25-14-7-5-11-22(25)27/h3-5,8-11,13,15-20,30,36H,1-2,6-7,12,14H2. The van der Waals surface area contributed by atoms with E-state index in [9.17, 15) is 0 Å². The molecular weight excluding hydrogens is 529 g/mol. The maximum atomic E-state index is 4.17. The highest BCUT2D eigenvalue weighted by molar-refractivity contribution is 8.00. The van der Waals surface area contributed by atoms with Crippen LogP contribution in [0.4, 0.5) is 0 Å². The summed E-state index contributed by atoms with van der Waals surface area (Å²) in [5, 5.41) is 6.55. The Morgan fingerprint density at radius 1 is 0.872 bits per heavy atom. The molecule has 4 aromatic rings. The van der Waals surface area contributed by atoms with E-state index in [2.05, 4.69) is 96.4 Å². The molecule has 0 bridgehead atoms. The minimum atomic E-state index is 0.375. The largest absolute Gasteiger partial charge is 0.143 e. The molecule has 4 aliphatic rings. The van der Waals surface area contributed by atoms with Gasteiger partial charge in [0.25, 0.3) is 0 Å². The van der Waals surface area contributed by atoms with Crippen molar-refractivity contribution < 1.29 is 0 Å². The Bertz CT molecular complexity index is 1830. The number of hydrogen-bond acceptors (Lipinski definition) is 3. The molecule has 190 valence electrons. The first kappa shape index (κ1) is 23.7. The summed E-state index contributed by atoms with van der Waals surface area (Å²) in [5.41, 5.74) is 14.3. The highest BCUT2D eigenvalue weighted by Crippen LogP contribution is 2.59. The van der Waals surface area contributed by atoms with Gasteiger partial charge in [0.15, 0.2) is 0 Å². The SMILES string of the molecule is C=Cc1scc(-c2cc3c(c4c2C=CCC4)SC2C4=C(CCC=C4)C(c4csc5ccccc45)=CC32)c1C=C. The van der Waals surface area contributed by atoms with Crippen LogP contribution in [-0.4, -0.2) is 5.25 Å². The molecule has 0 radical (unpaired) electrons. The van der Waals surface area contributed by atoms with Gasteiger partial charge in [-0.1, -0.05) is 73.9 Å². The summed E-state index contributed by atoms with van der Waals surface area (Å²) >= 11 is 5.77. The third kappa shape index (κ3) is 3.50. The van der Waals surface area contributed by atoms with E-state index in [0.29, 0.717) is 11.2 Å².